The fourth-order valence-electron chi connectivity index (χ4n) is 0.907. The van der Waals surface area contributed by atoms with Crippen molar-refractivity contribution in [1.82, 2.24) is 25.5 Å². The maximum absolute atomic E-state index is 11.2. The molecule has 1 rings (SSSR count). The van der Waals surface area contributed by atoms with E-state index < -0.39 is 21.8 Å². The van der Waals surface area contributed by atoms with Crippen LogP contribution >= 0.6 is 0 Å². The van der Waals surface area contributed by atoms with Crippen LogP contribution < -0.4 is 5.32 Å². The van der Waals surface area contributed by atoms with Crippen molar-refractivity contribution in [3.05, 3.63) is 5.82 Å². The van der Waals surface area contributed by atoms with Crippen LogP contribution in [0.5, 0.6) is 0 Å². The van der Waals surface area contributed by atoms with Gasteiger partial charge in [-0.15, -0.1) is 5.10 Å². The first-order chi connectivity index (χ1) is 7.38. The standard InChI is InChI=1S/C6H11N5O4S/c1-5-8-9-10-11(5)4-6(12)7-2-3-16(13,14)15/h2-4H2,1H3,(H,7,12)(H,13,14,15). The highest BCUT2D eigenvalue weighted by Gasteiger charge is 2.08. The van der Waals surface area contributed by atoms with Crippen LogP contribution in [-0.2, 0) is 21.5 Å². The molecular weight excluding hydrogens is 238 g/mol. The summed E-state index contributed by atoms with van der Waals surface area (Å²) in [4.78, 5) is 11.2. The van der Waals surface area contributed by atoms with Crippen LogP contribution in [0.1, 0.15) is 5.82 Å². The number of amides is 1. The van der Waals surface area contributed by atoms with E-state index in [4.69, 9.17) is 4.55 Å². The molecule has 10 heteroatoms. The number of nitrogens with zero attached hydrogens (tertiary/aromatic N) is 4. The van der Waals surface area contributed by atoms with Crippen LogP contribution in [-0.4, -0.2) is 51.4 Å². The Hall–Kier alpha value is -1.55. The minimum absolute atomic E-state index is 0.0929. The summed E-state index contributed by atoms with van der Waals surface area (Å²) in [7, 11) is -4.05. The predicted octanol–water partition coefficient (Wildman–Crippen LogP) is -2.01. The molecular formula is C6H11N5O4S. The summed E-state index contributed by atoms with van der Waals surface area (Å²) in [5.41, 5.74) is 0. The first kappa shape index (κ1) is 12.5. The van der Waals surface area contributed by atoms with Gasteiger partial charge in [-0.05, 0) is 17.4 Å². The Morgan fingerprint density at radius 1 is 1.56 bits per heavy atom. The Labute approximate surface area is 91.6 Å². The lowest BCUT2D eigenvalue weighted by Crippen LogP contribution is -2.32. The van der Waals surface area contributed by atoms with E-state index in [-0.39, 0.29) is 13.1 Å². The van der Waals surface area contributed by atoms with E-state index in [1.165, 1.54) is 4.68 Å². The van der Waals surface area contributed by atoms with E-state index in [2.05, 4.69) is 20.8 Å². The second kappa shape index (κ2) is 4.99. The Kier molecular flexibility index (Phi) is 3.90. The molecule has 0 saturated heterocycles. The van der Waals surface area contributed by atoms with Gasteiger partial charge in [-0.3, -0.25) is 9.35 Å². The molecule has 16 heavy (non-hydrogen) atoms. The van der Waals surface area contributed by atoms with Gasteiger partial charge < -0.3 is 5.32 Å². The third-order valence-corrected chi connectivity index (χ3v) is 2.41. The molecule has 0 unspecified atom stereocenters. The largest absolute Gasteiger partial charge is 0.353 e. The summed E-state index contributed by atoms with van der Waals surface area (Å²) < 4.78 is 30.4. The normalized spacial score (nSPS) is 11.4. The van der Waals surface area contributed by atoms with Gasteiger partial charge in [0.25, 0.3) is 10.1 Å². The molecule has 0 radical (unpaired) electrons. The highest BCUT2D eigenvalue weighted by Crippen LogP contribution is 1.87. The lowest BCUT2D eigenvalue weighted by atomic mass is 10.5. The SMILES string of the molecule is Cc1nnnn1CC(=O)NCCS(=O)(=O)O. The van der Waals surface area contributed by atoms with Crippen LogP contribution in [0.25, 0.3) is 0 Å². The lowest BCUT2D eigenvalue weighted by molar-refractivity contribution is -0.121. The van der Waals surface area contributed by atoms with Crippen LogP contribution in [0.2, 0.25) is 0 Å². The zero-order valence-corrected chi connectivity index (χ0v) is 9.31. The summed E-state index contributed by atoms with van der Waals surface area (Å²) in [6.45, 7) is 1.38. The Bertz CT molecular complexity index is 467. The quantitative estimate of drug-likeness (QED) is 0.577. The van der Waals surface area contributed by atoms with Crippen LogP contribution in [0.4, 0.5) is 0 Å². The molecule has 0 aliphatic carbocycles. The van der Waals surface area contributed by atoms with Crippen molar-refractivity contribution in [2.24, 2.45) is 0 Å². The van der Waals surface area contributed by atoms with Gasteiger partial charge in [-0.25, -0.2) is 4.68 Å². The molecule has 0 fully saturated rings. The minimum Gasteiger partial charge on any atom is -0.353 e. The Morgan fingerprint density at radius 3 is 2.75 bits per heavy atom. The van der Waals surface area contributed by atoms with E-state index >= 15 is 0 Å². The van der Waals surface area contributed by atoms with Gasteiger partial charge in [0.2, 0.25) is 5.91 Å². The molecule has 0 bridgehead atoms. The molecule has 0 aliphatic heterocycles. The number of hydrogen-bond donors (Lipinski definition) is 2. The summed E-state index contributed by atoms with van der Waals surface area (Å²) in [5.74, 6) is -0.475. The maximum Gasteiger partial charge on any atom is 0.266 e. The molecule has 1 aromatic heterocycles. The van der Waals surface area contributed by atoms with Crippen molar-refractivity contribution in [1.29, 1.82) is 0 Å². The number of hydrogen-bond acceptors (Lipinski definition) is 6. The Balaban J connectivity index is 2.35. The van der Waals surface area contributed by atoms with E-state index in [0.29, 0.717) is 5.82 Å². The fourth-order valence-corrected chi connectivity index (χ4v) is 1.27. The third-order valence-electron chi connectivity index (χ3n) is 1.69. The molecule has 0 spiro atoms. The number of aryl methyl sites for hydroxylation is 1. The van der Waals surface area contributed by atoms with Crippen LogP contribution in [0, 0.1) is 6.92 Å². The summed E-state index contributed by atoms with van der Waals surface area (Å²) in [6.07, 6.45) is 0. The third kappa shape index (κ3) is 4.31. The summed E-state index contributed by atoms with van der Waals surface area (Å²) in [5, 5.41) is 12.8. The van der Waals surface area contributed by atoms with Crippen molar-refractivity contribution >= 4 is 16.0 Å². The zero-order valence-electron chi connectivity index (χ0n) is 8.49. The highest BCUT2D eigenvalue weighted by atomic mass is 32.2. The number of aromatic nitrogens is 4. The maximum atomic E-state index is 11.2. The van der Waals surface area contributed by atoms with E-state index in [0.717, 1.165) is 0 Å². The highest BCUT2D eigenvalue weighted by molar-refractivity contribution is 7.85. The molecule has 1 heterocycles. The number of rotatable bonds is 5. The zero-order chi connectivity index (χ0) is 12.2. The molecule has 0 aromatic carbocycles. The van der Waals surface area contributed by atoms with Gasteiger partial charge in [0.05, 0.1) is 5.75 Å². The molecule has 1 aromatic rings. The van der Waals surface area contributed by atoms with Gasteiger partial charge in [-0.2, -0.15) is 8.42 Å². The van der Waals surface area contributed by atoms with Gasteiger partial charge in [0.1, 0.15) is 12.4 Å². The first-order valence-electron chi connectivity index (χ1n) is 4.33. The van der Waals surface area contributed by atoms with Gasteiger partial charge in [-0.1, -0.05) is 0 Å². The van der Waals surface area contributed by atoms with Crippen molar-refractivity contribution < 1.29 is 17.8 Å². The molecule has 9 nitrogen and oxygen atoms in total. The molecule has 0 atom stereocenters. The van der Waals surface area contributed by atoms with Gasteiger partial charge in [0.15, 0.2) is 0 Å². The van der Waals surface area contributed by atoms with Gasteiger partial charge >= 0.3 is 0 Å². The predicted molar refractivity (Wildman–Crippen MR) is 52.0 cm³/mol. The molecule has 2 N–H and O–H groups in total. The fraction of sp³-hybridized carbons (Fsp3) is 0.667. The minimum atomic E-state index is -4.05. The second-order valence-electron chi connectivity index (χ2n) is 3.02. The van der Waals surface area contributed by atoms with Crippen LogP contribution in [0.3, 0.4) is 0 Å². The van der Waals surface area contributed by atoms with Crippen molar-refractivity contribution in [2.45, 2.75) is 13.5 Å². The number of tetrazole rings is 1. The first-order valence-corrected chi connectivity index (χ1v) is 5.94. The Morgan fingerprint density at radius 2 is 2.25 bits per heavy atom. The van der Waals surface area contributed by atoms with E-state index in [1.54, 1.807) is 6.92 Å². The van der Waals surface area contributed by atoms with E-state index in [1.807, 2.05) is 0 Å². The van der Waals surface area contributed by atoms with Crippen molar-refractivity contribution in [3.8, 4) is 0 Å². The van der Waals surface area contributed by atoms with Crippen LogP contribution in [0.15, 0.2) is 0 Å². The average molecular weight is 249 g/mol. The summed E-state index contributed by atoms with van der Waals surface area (Å²) in [6, 6.07) is 0. The number of carbonyl (C=O) groups is 1. The monoisotopic (exact) mass is 249 g/mol. The van der Waals surface area contributed by atoms with E-state index in [9.17, 15) is 13.2 Å². The summed E-state index contributed by atoms with van der Waals surface area (Å²) >= 11 is 0. The molecule has 0 saturated carbocycles. The molecule has 0 aliphatic rings. The number of nitrogens with one attached hydrogen (secondary N) is 1. The smallest absolute Gasteiger partial charge is 0.266 e. The average Bonchev–Trinajstić information content (AvgIpc) is 2.49. The van der Waals surface area contributed by atoms with Gasteiger partial charge in [0, 0.05) is 6.54 Å². The van der Waals surface area contributed by atoms with Crippen molar-refractivity contribution in [3.63, 3.8) is 0 Å². The molecule has 90 valence electrons. The lowest BCUT2D eigenvalue weighted by Gasteiger charge is -2.03. The topological polar surface area (TPSA) is 127 Å². The number of carbonyl (C=O) groups excluding carboxylic acids is 1. The second-order valence-corrected chi connectivity index (χ2v) is 4.59. The molecule has 1 amide bonds. The van der Waals surface area contributed by atoms with Crippen molar-refractivity contribution in [2.75, 3.05) is 12.3 Å².